The van der Waals surface area contributed by atoms with Crippen LogP contribution in [0.15, 0.2) is 84.4 Å². The zero-order chi connectivity index (χ0) is 25.0. The third-order valence-corrected chi connectivity index (χ3v) is 7.95. The Hall–Kier alpha value is -3.52. The highest BCUT2D eigenvalue weighted by Crippen LogP contribution is 2.24. The topological polar surface area (TPSA) is 50.1 Å². The lowest BCUT2D eigenvalue weighted by atomic mass is 10.1. The van der Waals surface area contributed by atoms with Gasteiger partial charge in [0.1, 0.15) is 0 Å². The van der Waals surface area contributed by atoms with Crippen LogP contribution in [0.3, 0.4) is 0 Å². The first-order valence-corrected chi connectivity index (χ1v) is 13.7. The molecule has 0 bridgehead atoms. The number of carbonyl (C=O) groups excluding carboxylic acids is 1. The molecule has 6 rings (SSSR count). The molecule has 1 aliphatic rings. The van der Waals surface area contributed by atoms with Crippen molar-refractivity contribution in [2.75, 3.05) is 45.9 Å². The number of benzene rings is 3. The molecule has 0 unspecified atom stereocenters. The monoisotopic (exact) mass is 510 g/mol. The number of morpholine rings is 1. The number of rotatable bonds is 8. The van der Waals surface area contributed by atoms with Crippen molar-refractivity contribution in [3.63, 3.8) is 0 Å². The van der Waals surface area contributed by atoms with Gasteiger partial charge in [0.05, 0.1) is 18.9 Å². The molecule has 37 heavy (non-hydrogen) atoms. The van der Waals surface area contributed by atoms with Crippen molar-refractivity contribution in [3.8, 4) is 11.3 Å². The minimum atomic E-state index is 0.0843. The van der Waals surface area contributed by atoms with E-state index in [4.69, 9.17) is 9.72 Å². The molecule has 188 valence electrons. The summed E-state index contributed by atoms with van der Waals surface area (Å²) >= 11 is 1.65. The fraction of sp³-hybridized carbons (Fsp3) is 0.267. The smallest absolute Gasteiger partial charge is 0.253 e. The van der Waals surface area contributed by atoms with Gasteiger partial charge in [0.25, 0.3) is 5.91 Å². The van der Waals surface area contributed by atoms with E-state index in [9.17, 15) is 4.79 Å². The van der Waals surface area contributed by atoms with Crippen LogP contribution < -0.4 is 0 Å². The Morgan fingerprint density at radius 1 is 0.946 bits per heavy atom. The summed E-state index contributed by atoms with van der Waals surface area (Å²) in [5.41, 5.74) is 4.01. The Labute approximate surface area is 220 Å². The van der Waals surface area contributed by atoms with Gasteiger partial charge in [0, 0.05) is 67.5 Å². The fourth-order valence-corrected chi connectivity index (χ4v) is 5.82. The largest absolute Gasteiger partial charge is 0.379 e. The van der Waals surface area contributed by atoms with E-state index in [2.05, 4.69) is 45.1 Å². The highest BCUT2D eigenvalue weighted by Gasteiger charge is 2.20. The number of hydrogen-bond acceptors (Lipinski definition) is 5. The Kier molecular flexibility index (Phi) is 6.99. The number of amides is 1. The molecule has 1 amide bonds. The van der Waals surface area contributed by atoms with Crippen molar-refractivity contribution < 1.29 is 9.53 Å². The molecule has 1 fully saturated rings. The predicted octanol–water partition coefficient (Wildman–Crippen LogP) is 5.23. The minimum Gasteiger partial charge on any atom is -0.379 e. The van der Waals surface area contributed by atoms with Gasteiger partial charge in [-0.3, -0.25) is 14.1 Å². The molecule has 5 aromatic rings. The zero-order valence-electron chi connectivity index (χ0n) is 20.8. The SMILES string of the molecule is O=C(c1ccc2ccccc2c1)N(CCc1csc2nc(-c3ccccc3)cn12)CCN1CCOCC1. The molecule has 3 aromatic carbocycles. The summed E-state index contributed by atoms with van der Waals surface area (Å²) in [7, 11) is 0. The van der Waals surface area contributed by atoms with Gasteiger partial charge in [-0.2, -0.15) is 0 Å². The highest BCUT2D eigenvalue weighted by molar-refractivity contribution is 7.15. The van der Waals surface area contributed by atoms with Crippen molar-refractivity contribution >= 4 is 33.0 Å². The van der Waals surface area contributed by atoms with Crippen LogP contribution in [0.5, 0.6) is 0 Å². The number of imidazole rings is 1. The molecule has 0 aliphatic carbocycles. The molecule has 1 aliphatic heterocycles. The van der Waals surface area contributed by atoms with Gasteiger partial charge in [-0.15, -0.1) is 11.3 Å². The third kappa shape index (κ3) is 5.30. The molecule has 0 N–H and O–H groups in total. The average Bonchev–Trinajstić information content (AvgIpc) is 3.55. The predicted molar refractivity (Wildman–Crippen MR) is 149 cm³/mol. The average molecular weight is 511 g/mol. The molecule has 6 nitrogen and oxygen atoms in total. The van der Waals surface area contributed by atoms with Gasteiger partial charge in [-0.1, -0.05) is 60.7 Å². The van der Waals surface area contributed by atoms with Crippen molar-refractivity contribution in [2.45, 2.75) is 6.42 Å². The molecular formula is C30H30N4O2S. The summed E-state index contributed by atoms with van der Waals surface area (Å²) in [6.45, 7) is 5.55. The molecule has 0 spiro atoms. The number of carbonyl (C=O) groups is 1. The Bertz CT molecular complexity index is 1500. The van der Waals surface area contributed by atoms with E-state index in [-0.39, 0.29) is 5.91 Å². The third-order valence-electron chi connectivity index (χ3n) is 7.06. The first-order chi connectivity index (χ1) is 18.2. The van der Waals surface area contributed by atoms with Crippen LogP contribution >= 0.6 is 11.3 Å². The van der Waals surface area contributed by atoms with Gasteiger partial charge in [-0.05, 0) is 22.9 Å². The lowest BCUT2D eigenvalue weighted by Gasteiger charge is -2.30. The quantitative estimate of drug-likeness (QED) is 0.287. The van der Waals surface area contributed by atoms with E-state index in [1.54, 1.807) is 11.3 Å². The molecule has 0 atom stereocenters. The van der Waals surface area contributed by atoms with Crippen molar-refractivity contribution in [1.82, 2.24) is 19.2 Å². The van der Waals surface area contributed by atoms with E-state index < -0.39 is 0 Å². The van der Waals surface area contributed by atoms with Gasteiger partial charge < -0.3 is 9.64 Å². The maximum atomic E-state index is 13.7. The van der Waals surface area contributed by atoms with E-state index in [0.29, 0.717) is 13.1 Å². The van der Waals surface area contributed by atoms with Crippen LogP contribution in [0.4, 0.5) is 0 Å². The lowest BCUT2D eigenvalue weighted by molar-refractivity contribution is 0.0325. The molecular weight excluding hydrogens is 480 g/mol. The van der Waals surface area contributed by atoms with Gasteiger partial charge >= 0.3 is 0 Å². The first-order valence-electron chi connectivity index (χ1n) is 12.8. The molecule has 3 heterocycles. The van der Waals surface area contributed by atoms with Crippen LogP contribution in [0.1, 0.15) is 16.1 Å². The second kappa shape index (κ2) is 10.8. The molecule has 0 saturated carbocycles. The summed E-state index contributed by atoms with van der Waals surface area (Å²) in [6, 6.07) is 24.5. The summed E-state index contributed by atoms with van der Waals surface area (Å²) < 4.78 is 7.68. The number of hydrogen-bond donors (Lipinski definition) is 0. The van der Waals surface area contributed by atoms with Crippen molar-refractivity contribution in [3.05, 3.63) is 95.6 Å². The van der Waals surface area contributed by atoms with Crippen LogP contribution in [-0.4, -0.2) is 71.0 Å². The second-order valence-electron chi connectivity index (χ2n) is 9.43. The fourth-order valence-electron chi connectivity index (χ4n) is 4.91. The highest BCUT2D eigenvalue weighted by atomic mass is 32.1. The van der Waals surface area contributed by atoms with E-state index in [1.165, 1.54) is 5.69 Å². The Morgan fingerprint density at radius 2 is 1.73 bits per heavy atom. The maximum absolute atomic E-state index is 13.7. The molecule has 1 saturated heterocycles. The normalized spacial score (nSPS) is 14.4. The Balaban J connectivity index is 1.22. The van der Waals surface area contributed by atoms with Gasteiger partial charge in [-0.25, -0.2) is 4.98 Å². The van der Waals surface area contributed by atoms with E-state index in [1.807, 2.05) is 53.4 Å². The molecule has 7 heteroatoms. The lowest BCUT2D eigenvalue weighted by Crippen LogP contribution is -2.43. The standard InChI is InChI=1S/C30H30N4O2S/c35-29(26-11-10-23-6-4-5-9-25(23)20-26)33(15-14-32-16-18-36-19-17-32)13-12-27-22-37-30-31-28(21-34(27)30)24-7-2-1-3-8-24/h1-11,20-22H,12-19H2. The Morgan fingerprint density at radius 3 is 2.57 bits per heavy atom. The van der Waals surface area contributed by atoms with Gasteiger partial charge in [0.15, 0.2) is 4.96 Å². The number of nitrogens with zero attached hydrogens (tertiary/aromatic N) is 4. The summed E-state index contributed by atoms with van der Waals surface area (Å²) in [6.07, 6.45) is 2.88. The minimum absolute atomic E-state index is 0.0843. The molecule has 0 radical (unpaired) electrons. The maximum Gasteiger partial charge on any atom is 0.253 e. The van der Waals surface area contributed by atoms with E-state index in [0.717, 1.165) is 71.8 Å². The summed E-state index contributed by atoms with van der Waals surface area (Å²) in [4.78, 5) is 23.9. The van der Waals surface area contributed by atoms with Crippen LogP contribution in [0.25, 0.3) is 27.0 Å². The second-order valence-corrected chi connectivity index (χ2v) is 10.3. The first kappa shape index (κ1) is 23.9. The van der Waals surface area contributed by atoms with Gasteiger partial charge in [0.2, 0.25) is 0 Å². The van der Waals surface area contributed by atoms with Crippen LogP contribution in [0.2, 0.25) is 0 Å². The summed E-state index contributed by atoms with van der Waals surface area (Å²) in [5.74, 6) is 0.0843. The van der Waals surface area contributed by atoms with Crippen LogP contribution in [-0.2, 0) is 11.2 Å². The number of ether oxygens (including phenoxy) is 1. The van der Waals surface area contributed by atoms with Crippen molar-refractivity contribution in [1.29, 1.82) is 0 Å². The number of fused-ring (bicyclic) bond motifs is 2. The van der Waals surface area contributed by atoms with Crippen molar-refractivity contribution in [2.24, 2.45) is 0 Å². The molecule has 2 aromatic heterocycles. The number of aromatic nitrogens is 2. The number of thiazole rings is 1. The summed E-state index contributed by atoms with van der Waals surface area (Å²) in [5, 5.41) is 4.40. The van der Waals surface area contributed by atoms with Crippen LogP contribution in [0, 0.1) is 0 Å². The van der Waals surface area contributed by atoms with E-state index >= 15 is 0 Å². The zero-order valence-corrected chi connectivity index (χ0v) is 21.6.